The van der Waals surface area contributed by atoms with Crippen molar-refractivity contribution in [1.82, 2.24) is 4.90 Å². The number of hydrogen-bond acceptors (Lipinski definition) is 3. The third-order valence-corrected chi connectivity index (χ3v) is 2.66. The maximum Gasteiger partial charge on any atom is 0.411 e. The van der Waals surface area contributed by atoms with E-state index >= 15 is 0 Å². The number of ether oxygens (including phenoxy) is 1. The number of likely N-dealkylation sites (tertiary alicyclic amines) is 1. The van der Waals surface area contributed by atoms with Gasteiger partial charge in [0.25, 0.3) is 0 Å². The van der Waals surface area contributed by atoms with Crippen molar-refractivity contribution in [2.75, 3.05) is 39.5 Å². The van der Waals surface area contributed by atoms with Crippen LogP contribution >= 0.6 is 0 Å². The number of aliphatic hydroxyl groups is 1. The van der Waals surface area contributed by atoms with Gasteiger partial charge < -0.3 is 14.7 Å². The Morgan fingerprint density at radius 3 is 2.69 bits per heavy atom. The quantitative estimate of drug-likeness (QED) is 0.711. The molecule has 1 aliphatic rings. The van der Waals surface area contributed by atoms with Crippen LogP contribution in [-0.4, -0.2) is 55.6 Å². The minimum atomic E-state index is -4.23. The summed E-state index contributed by atoms with van der Waals surface area (Å²) in [5.41, 5.74) is 0. The highest BCUT2D eigenvalue weighted by Gasteiger charge is 2.27. The normalized spacial score (nSPS) is 22.9. The summed E-state index contributed by atoms with van der Waals surface area (Å²) in [6.45, 7) is 1.68. The van der Waals surface area contributed by atoms with Gasteiger partial charge in [0, 0.05) is 26.3 Å². The molecule has 0 radical (unpaired) electrons. The third kappa shape index (κ3) is 5.67. The van der Waals surface area contributed by atoms with Crippen molar-refractivity contribution < 1.29 is 23.0 Å². The van der Waals surface area contributed by atoms with E-state index in [1.165, 1.54) is 0 Å². The molecule has 1 heterocycles. The summed E-state index contributed by atoms with van der Waals surface area (Å²) in [7, 11) is 0. The molecule has 96 valence electrons. The Balaban J connectivity index is 1.96. The molecular weight excluding hydrogens is 223 g/mol. The van der Waals surface area contributed by atoms with Gasteiger partial charge in [-0.2, -0.15) is 13.2 Å². The minimum Gasteiger partial charge on any atom is -0.396 e. The summed E-state index contributed by atoms with van der Waals surface area (Å²) < 4.78 is 39.7. The van der Waals surface area contributed by atoms with Crippen LogP contribution in [0.1, 0.15) is 12.8 Å². The van der Waals surface area contributed by atoms with Crippen molar-refractivity contribution in [2.45, 2.75) is 19.0 Å². The number of aliphatic hydroxyl groups excluding tert-OH is 1. The van der Waals surface area contributed by atoms with E-state index in [2.05, 4.69) is 9.64 Å². The third-order valence-electron chi connectivity index (χ3n) is 2.66. The number of hydrogen-bond donors (Lipinski definition) is 1. The molecule has 3 nitrogen and oxygen atoms in total. The SMILES string of the molecule is OCC1CCN(CCCOCC(F)(F)F)C1. The maximum absolute atomic E-state index is 11.7. The second-order valence-electron chi connectivity index (χ2n) is 4.16. The van der Waals surface area contributed by atoms with Gasteiger partial charge >= 0.3 is 6.18 Å². The minimum absolute atomic E-state index is 0.139. The highest BCUT2D eigenvalue weighted by Crippen LogP contribution is 2.16. The summed E-state index contributed by atoms with van der Waals surface area (Å²) in [4.78, 5) is 2.15. The molecule has 1 rings (SSSR count). The first-order valence-electron chi connectivity index (χ1n) is 5.49. The van der Waals surface area contributed by atoms with Gasteiger partial charge in [0.15, 0.2) is 0 Å². The molecule has 1 fully saturated rings. The molecular formula is C10H18F3NO2. The van der Waals surface area contributed by atoms with Gasteiger partial charge in [-0.1, -0.05) is 0 Å². The number of nitrogens with zero attached hydrogens (tertiary/aromatic N) is 1. The Morgan fingerprint density at radius 2 is 2.12 bits per heavy atom. The summed E-state index contributed by atoms with van der Waals surface area (Å²) >= 11 is 0. The highest BCUT2D eigenvalue weighted by atomic mass is 19.4. The van der Waals surface area contributed by atoms with E-state index in [0.717, 1.165) is 26.1 Å². The summed E-state index contributed by atoms with van der Waals surface area (Å²) in [5, 5.41) is 8.91. The van der Waals surface area contributed by atoms with Crippen molar-refractivity contribution in [2.24, 2.45) is 5.92 Å². The van der Waals surface area contributed by atoms with Crippen LogP contribution in [0.4, 0.5) is 13.2 Å². The topological polar surface area (TPSA) is 32.7 Å². The van der Waals surface area contributed by atoms with E-state index in [4.69, 9.17) is 5.11 Å². The average Bonchev–Trinajstić information content (AvgIpc) is 2.63. The highest BCUT2D eigenvalue weighted by molar-refractivity contribution is 4.74. The van der Waals surface area contributed by atoms with Crippen molar-refractivity contribution in [3.63, 3.8) is 0 Å². The lowest BCUT2D eigenvalue weighted by molar-refractivity contribution is -0.174. The molecule has 0 bridgehead atoms. The monoisotopic (exact) mass is 241 g/mol. The Morgan fingerprint density at radius 1 is 1.38 bits per heavy atom. The van der Waals surface area contributed by atoms with Crippen LogP contribution in [0.2, 0.25) is 0 Å². The molecule has 0 aromatic carbocycles. The lowest BCUT2D eigenvalue weighted by Gasteiger charge is -2.15. The zero-order valence-electron chi connectivity index (χ0n) is 9.17. The van der Waals surface area contributed by atoms with Crippen molar-refractivity contribution >= 4 is 0 Å². The van der Waals surface area contributed by atoms with Gasteiger partial charge in [-0.15, -0.1) is 0 Å². The fraction of sp³-hybridized carbons (Fsp3) is 1.00. The molecule has 1 aliphatic heterocycles. The van der Waals surface area contributed by atoms with E-state index in [9.17, 15) is 13.2 Å². The van der Waals surface area contributed by atoms with Crippen LogP contribution in [0.5, 0.6) is 0 Å². The van der Waals surface area contributed by atoms with Crippen LogP contribution in [0.25, 0.3) is 0 Å². The second kappa shape index (κ2) is 6.42. The van der Waals surface area contributed by atoms with Gasteiger partial charge in [-0.3, -0.25) is 0 Å². The van der Waals surface area contributed by atoms with E-state index in [-0.39, 0.29) is 13.2 Å². The fourth-order valence-electron chi connectivity index (χ4n) is 1.84. The van der Waals surface area contributed by atoms with Crippen LogP contribution in [0.3, 0.4) is 0 Å². The van der Waals surface area contributed by atoms with Crippen LogP contribution in [-0.2, 0) is 4.74 Å². The standard InChI is InChI=1S/C10H18F3NO2/c11-10(12,13)8-16-5-1-3-14-4-2-9(6-14)7-15/h9,15H,1-8H2. The Hall–Kier alpha value is -0.330. The van der Waals surface area contributed by atoms with E-state index in [1.807, 2.05) is 0 Å². The van der Waals surface area contributed by atoms with Gasteiger partial charge in [0.2, 0.25) is 0 Å². The second-order valence-corrected chi connectivity index (χ2v) is 4.16. The molecule has 0 aromatic heterocycles. The lowest BCUT2D eigenvalue weighted by atomic mass is 10.1. The molecule has 1 unspecified atom stereocenters. The number of halogens is 3. The predicted octanol–water partition coefficient (Wildman–Crippen LogP) is 1.27. The first-order chi connectivity index (χ1) is 7.51. The fourth-order valence-corrected chi connectivity index (χ4v) is 1.84. The molecule has 1 N–H and O–H groups in total. The van der Waals surface area contributed by atoms with Gasteiger partial charge in [0.1, 0.15) is 6.61 Å². The van der Waals surface area contributed by atoms with Crippen molar-refractivity contribution in [1.29, 1.82) is 0 Å². The maximum atomic E-state index is 11.7. The molecule has 0 aromatic rings. The zero-order valence-corrected chi connectivity index (χ0v) is 9.17. The largest absolute Gasteiger partial charge is 0.411 e. The summed E-state index contributed by atoms with van der Waals surface area (Å²) in [6.07, 6.45) is -2.65. The Kier molecular flexibility index (Phi) is 5.51. The first kappa shape index (κ1) is 13.7. The Bertz CT molecular complexity index is 199. The van der Waals surface area contributed by atoms with Crippen molar-refractivity contribution in [3.8, 4) is 0 Å². The van der Waals surface area contributed by atoms with E-state index in [0.29, 0.717) is 12.3 Å². The smallest absolute Gasteiger partial charge is 0.396 e. The molecule has 0 saturated carbocycles. The summed E-state index contributed by atoms with van der Waals surface area (Å²) in [6, 6.07) is 0. The average molecular weight is 241 g/mol. The van der Waals surface area contributed by atoms with Gasteiger partial charge in [-0.25, -0.2) is 0 Å². The zero-order chi connectivity index (χ0) is 12.0. The van der Waals surface area contributed by atoms with E-state index in [1.54, 1.807) is 0 Å². The van der Waals surface area contributed by atoms with Crippen LogP contribution in [0, 0.1) is 5.92 Å². The molecule has 0 aliphatic carbocycles. The van der Waals surface area contributed by atoms with Gasteiger partial charge in [-0.05, 0) is 25.3 Å². The molecule has 0 spiro atoms. The Labute approximate surface area is 93.2 Å². The van der Waals surface area contributed by atoms with Crippen LogP contribution < -0.4 is 0 Å². The molecule has 0 amide bonds. The summed E-state index contributed by atoms with van der Waals surface area (Å²) in [5.74, 6) is 0.330. The molecule has 1 atom stereocenters. The predicted molar refractivity (Wildman–Crippen MR) is 53.1 cm³/mol. The first-order valence-corrected chi connectivity index (χ1v) is 5.49. The van der Waals surface area contributed by atoms with E-state index < -0.39 is 12.8 Å². The van der Waals surface area contributed by atoms with Crippen molar-refractivity contribution in [3.05, 3.63) is 0 Å². The molecule has 6 heteroatoms. The van der Waals surface area contributed by atoms with Crippen LogP contribution in [0.15, 0.2) is 0 Å². The molecule has 1 saturated heterocycles. The van der Waals surface area contributed by atoms with Gasteiger partial charge in [0.05, 0.1) is 0 Å². The number of rotatable bonds is 6. The lowest BCUT2D eigenvalue weighted by Crippen LogP contribution is -2.24. The number of alkyl halides is 3. The molecule has 16 heavy (non-hydrogen) atoms.